The molecule has 0 atom stereocenters. The van der Waals surface area contributed by atoms with Crippen molar-refractivity contribution in [3.8, 4) is 11.6 Å². The van der Waals surface area contributed by atoms with E-state index in [9.17, 15) is 0 Å². The van der Waals surface area contributed by atoms with Crippen LogP contribution < -0.4 is 10.1 Å². The smallest absolute Gasteiger partial charge is 0.238 e. The Bertz CT molecular complexity index is 596. The first kappa shape index (κ1) is 14.1. The van der Waals surface area contributed by atoms with Crippen molar-refractivity contribution in [2.75, 3.05) is 12.4 Å². The summed E-state index contributed by atoms with van der Waals surface area (Å²) in [6.45, 7) is 3.88. The molecule has 0 fully saturated rings. The summed E-state index contributed by atoms with van der Waals surface area (Å²) in [6.07, 6.45) is 1.45. The van der Waals surface area contributed by atoms with Crippen LogP contribution in [0.5, 0.6) is 11.6 Å². The molecule has 1 aromatic carbocycles. The first-order valence-electron chi connectivity index (χ1n) is 5.65. The summed E-state index contributed by atoms with van der Waals surface area (Å²) < 4.78 is 6.45. The molecule has 0 radical (unpaired) electrons. The summed E-state index contributed by atoms with van der Waals surface area (Å²) in [7, 11) is 1.79. The Hall–Kier alpha value is -1.33. The number of aryl methyl sites for hydroxylation is 2. The van der Waals surface area contributed by atoms with E-state index in [-0.39, 0.29) is 0 Å². The van der Waals surface area contributed by atoms with Crippen LogP contribution in [-0.4, -0.2) is 17.0 Å². The number of halogens is 2. The van der Waals surface area contributed by atoms with Crippen LogP contribution in [0.4, 0.5) is 5.82 Å². The quantitative estimate of drug-likeness (QED) is 0.901. The average molecular weight is 343 g/mol. The second-order valence-electron chi connectivity index (χ2n) is 4.06. The Balaban J connectivity index is 2.36. The van der Waals surface area contributed by atoms with Crippen LogP contribution in [0.1, 0.15) is 11.1 Å². The molecule has 0 spiro atoms. The number of benzene rings is 1. The van der Waals surface area contributed by atoms with Gasteiger partial charge in [0.2, 0.25) is 5.88 Å². The maximum atomic E-state index is 6.13. The van der Waals surface area contributed by atoms with E-state index in [0.717, 1.165) is 16.1 Å². The van der Waals surface area contributed by atoms with Crippen molar-refractivity contribution >= 4 is 33.3 Å². The van der Waals surface area contributed by atoms with Crippen molar-refractivity contribution in [1.82, 2.24) is 9.97 Å². The van der Waals surface area contributed by atoms with E-state index >= 15 is 0 Å². The maximum Gasteiger partial charge on any atom is 0.238 e. The highest BCUT2D eigenvalue weighted by molar-refractivity contribution is 9.10. The fourth-order valence-corrected chi connectivity index (χ4v) is 2.27. The van der Waals surface area contributed by atoms with E-state index in [1.54, 1.807) is 7.05 Å². The van der Waals surface area contributed by atoms with Crippen LogP contribution in [-0.2, 0) is 0 Å². The second-order valence-corrected chi connectivity index (χ2v) is 5.24. The molecule has 0 saturated carbocycles. The van der Waals surface area contributed by atoms with Gasteiger partial charge in [-0.05, 0) is 53.0 Å². The summed E-state index contributed by atoms with van der Waals surface area (Å²) in [4.78, 5) is 8.19. The number of ether oxygens (including phenoxy) is 1. The first-order chi connectivity index (χ1) is 9.02. The summed E-state index contributed by atoms with van der Waals surface area (Å²) >= 11 is 9.54. The third kappa shape index (κ3) is 2.98. The molecule has 1 N–H and O–H groups in total. The van der Waals surface area contributed by atoms with E-state index in [4.69, 9.17) is 16.3 Å². The fraction of sp³-hybridized carbons (Fsp3) is 0.231. The van der Waals surface area contributed by atoms with Crippen LogP contribution in [0.15, 0.2) is 22.9 Å². The Morgan fingerprint density at radius 3 is 2.42 bits per heavy atom. The number of nitrogens with zero attached hydrogens (tertiary/aromatic N) is 2. The lowest BCUT2D eigenvalue weighted by molar-refractivity contribution is 0.458. The van der Waals surface area contributed by atoms with Crippen LogP contribution in [0, 0.1) is 13.8 Å². The average Bonchev–Trinajstić information content (AvgIpc) is 2.38. The summed E-state index contributed by atoms with van der Waals surface area (Å²) in [5.74, 6) is 1.83. The predicted octanol–water partition coefficient (Wildman–Crippen LogP) is 4.34. The molecule has 0 aliphatic carbocycles. The van der Waals surface area contributed by atoms with Gasteiger partial charge in [-0.1, -0.05) is 11.6 Å². The van der Waals surface area contributed by atoms with Crippen LogP contribution in [0.2, 0.25) is 5.02 Å². The van der Waals surface area contributed by atoms with Gasteiger partial charge in [-0.25, -0.2) is 9.97 Å². The summed E-state index contributed by atoms with van der Waals surface area (Å²) in [5.41, 5.74) is 1.94. The minimum atomic E-state index is 0.459. The van der Waals surface area contributed by atoms with Crippen molar-refractivity contribution in [3.63, 3.8) is 0 Å². The molecule has 4 nitrogen and oxygen atoms in total. The lowest BCUT2D eigenvalue weighted by Gasteiger charge is -2.11. The van der Waals surface area contributed by atoms with E-state index in [1.165, 1.54) is 6.33 Å². The lowest BCUT2D eigenvalue weighted by atomic mass is 10.1. The molecular weight excluding hydrogens is 330 g/mol. The largest absolute Gasteiger partial charge is 0.438 e. The number of rotatable bonds is 3. The number of hydrogen-bond donors (Lipinski definition) is 1. The Kier molecular flexibility index (Phi) is 4.27. The van der Waals surface area contributed by atoms with Crippen LogP contribution >= 0.6 is 27.5 Å². The van der Waals surface area contributed by atoms with Crippen molar-refractivity contribution in [1.29, 1.82) is 0 Å². The SMILES string of the molecule is CNc1ncnc(Oc2cc(C)c(Cl)c(C)c2)c1Br. The molecule has 0 amide bonds. The van der Waals surface area contributed by atoms with E-state index in [1.807, 2.05) is 26.0 Å². The number of nitrogens with one attached hydrogen (secondary N) is 1. The minimum absolute atomic E-state index is 0.459. The van der Waals surface area contributed by atoms with E-state index in [2.05, 4.69) is 31.2 Å². The minimum Gasteiger partial charge on any atom is -0.438 e. The van der Waals surface area contributed by atoms with Gasteiger partial charge >= 0.3 is 0 Å². The molecule has 19 heavy (non-hydrogen) atoms. The molecule has 100 valence electrons. The third-order valence-corrected chi connectivity index (χ3v) is 3.93. The highest BCUT2D eigenvalue weighted by Gasteiger charge is 2.11. The van der Waals surface area contributed by atoms with Crippen LogP contribution in [0.3, 0.4) is 0 Å². The molecule has 6 heteroatoms. The van der Waals surface area contributed by atoms with E-state index < -0.39 is 0 Å². The van der Waals surface area contributed by atoms with Crippen molar-refractivity contribution in [2.45, 2.75) is 13.8 Å². The Morgan fingerprint density at radius 2 is 1.84 bits per heavy atom. The molecule has 0 saturated heterocycles. The van der Waals surface area contributed by atoms with Gasteiger partial charge in [0.15, 0.2) is 0 Å². The zero-order chi connectivity index (χ0) is 14.0. The molecule has 1 aromatic heterocycles. The fourth-order valence-electron chi connectivity index (χ4n) is 1.68. The van der Waals surface area contributed by atoms with Crippen molar-refractivity contribution in [2.24, 2.45) is 0 Å². The molecule has 0 bridgehead atoms. The van der Waals surface area contributed by atoms with Gasteiger partial charge in [0.25, 0.3) is 0 Å². The molecule has 0 unspecified atom stereocenters. The predicted molar refractivity (Wildman–Crippen MR) is 80.3 cm³/mol. The molecule has 2 aromatic rings. The van der Waals surface area contributed by atoms with Crippen molar-refractivity contribution in [3.05, 3.63) is 39.1 Å². The molecule has 0 aliphatic rings. The van der Waals surface area contributed by atoms with Gasteiger partial charge in [-0.15, -0.1) is 0 Å². The van der Waals surface area contributed by atoms with Gasteiger partial charge in [0.1, 0.15) is 22.4 Å². The van der Waals surface area contributed by atoms with Gasteiger partial charge in [0, 0.05) is 12.1 Å². The first-order valence-corrected chi connectivity index (χ1v) is 6.83. The maximum absolute atomic E-state index is 6.13. The topological polar surface area (TPSA) is 47.0 Å². The van der Waals surface area contributed by atoms with E-state index in [0.29, 0.717) is 21.9 Å². The zero-order valence-electron chi connectivity index (χ0n) is 10.8. The van der Waals surface area contributed by atoms with Crippen LogP contribution in [0.25, 0.3) is 0 Å². The van der Waals surface area contributed by atoms with Gasteiger partial charge in [-0.3, -0.25) is 0 Å². The monoisotopic (exact) mass is 341 g/mol. The molecule has 0 aliphatic heterocycles. The Labute approximate surface area is 125 Å². The van der Waals surface area contributed by atoms with Gasteiger partial charge in [-0.2, -0.15) is 0 Å². The third-order valence-electron chi connectivity index (χ3n) is 2.62. The summed E-state index contributed by atoms with van der Waals surface area (Å²) in [5, 5.41) is 3.71. The molecule has 1 heterocycles. The summed E-state index contributed by atoms with van der Waals surface area (Å²) in [6, 6.07) is 3.76. The number of aromatic nitrogens is 2. The normalized spacial score (nSPS) is 10.4. The Morgan fingerprint density at radius 1 is 1.21 bits per heavy atom. The molecular formula is C13H13BrClN3O. The van der Waals surface area contributed by atoms with Crippen molar-refractivity contribution < 1.29 is 4.74 Å². The molecule has 2 rings (SSSR count). The standard InChI is InChI=1S/C13H13BrClN3O/c1-7-4-9(5-8(2)11(7)15)19-13-10(14)12(16-3)17-6-18-13/h4-6H,1-3H3,(H,16,17,18). The second kappa shape index (κ2) is 5.75. The number of hydrogen-bond acceptors (Lipinski definition) is 4. The lowest BCUT2D eigenvalue weighted by Crippen LogP contribution is -1.98. The van der Waals surface area contributed by atoms with Gasteiger partial charge < -0.3 is 10.1 Å². The highest BCUT2D eigenvalue weighted by atomic mass is 79.9. The zero-order valence-corrected chi connectivity index (χ0v) is 13.1. The number of anilines is 1. The highest BCUT2D eigenvalue weighted by Crippen LogP contribution is 2.33. The van der Waals surface area contributed by atoms with Gasteiger partial charge in [0.05, 0.1) is 0 Å².